The van der Waals surface area contributed by atoms with Crippen molar-refractivity contribution in [1.29, 1.82) is 0 Å². The van der Waals surface area contributed by atoms with Gasteiger partial charge in [-0.15, -0.1) is 0 Å². The number of aryl methyl sites for hydroxylation is 1. The van der Waals surface area contributed by atoms with E-state index in [0.717, 1.165) is 21.4 Å². The molecule has 0 aliphatic heterocycles. The number of nitrogens with one attached hydrogen (secondary N) is 2. The zero-order chi connectivity index (χ0) is 20.4. The van der Waals surface area contributed by atoms with E-state index in [-0.39, 0.29) is 23.2 Å². The zero-order valence-corrected chi connectivity index (χ0v) is 15.8. The Labute approximate surface area is 160 Å². The molecular weight excluding hydrogens is 362 g/mol. The van der Waals surface area contributed by atoms with E-state index >= 15 is 0 Å². The molecule has 8 nitrogen and oxygen atoms in total. The summed E-state index contributed by atoms with van der Waals surface area (Å²) in [7, 11) is 0. The fraction of sp³-hybridized carbons (Fsp3) is 0.250. The van der Waals surface area contributed by atoms with Gasteiger partial charge in [0.2, 0.25) is 0 Å². The molecule has 0 fully saturated rings. The fourth-order valence-electron chi connectivity index (χ4n) is 3.18. The van der Waals surface area contributed by atoms with Crippen LogP contribution in [0.25, 0.3) is 10.9 Å². The number of H-pyrrole nitrogens is 1. The number of hydrogen-bond donors (Lipinski definition) is 3. The Balaban J connectivity index is 1.90. The Morgan fingerprint density at radius 1 is 1.21 bits per heavy atom. The van der Waals surface area contributed by atoms with Crippen LogP contribution in [0, 0.1) is 6.92 Å². The van der Waals surface area contributed by atoms with Crippen LogP contribution >= 0.6 is 0 Å². The fourth-order valence-corrected chi connectivity index (χ4v) is 3.18. The van der Waals surface area contributed by atoms with E-state index in [1.54, 1.807) is 0 Å². The lowest BCUT2D eigenvalue weighted by molar-refractivity contribution is 0.145. The minimum atomic E-state index is -1.51. The molecule has 0 bridgehead atoms. The number of rotatable bonds is 4. The maximum absolute atomic E-state index is 12.6. The largest absolute Gasteiger partial charge is 0.511 e. The van der Waals surface area contributed by atoms with Gasteiger partial charge in [0.15, 0.2) is 5.75 Å². The number of benzene rings is 2. The summed E-state index contributed by atoms with van der Waals surface area (Å²) in [6, 6.07) is 9.70. The second-order valence-corrected chi connectivity index (χ2v) is 6.76. The number of carboxylic acid groups (broad SMARTS) is 1. The zero-order valence-electron chi connectivity index (χ0n) is 15.8. The molecule has 0 unspecified atom stereocenters. The van der Waals surface area contributed by atoms with Crippen LogP contribution < -0.4 is 15.6 Å². The predicted octanol–water partition coefficient (Wildman–Crippen LogP) is 3.58. The molecule has 3 N–H and O–H groups in total. The molecule has 8 heteroatoms. The molecule has 3 rings (SSSR count). The monoisotopic (exact) mass is 383 g/mol. The Morgan fingerprint density at radius 3 is 2.61 bits per heavy atom. The number of nitrogens with zero attached hydrogens (tertiary/aromatic N) is 1. The summed E-state index contributed by atoms with van der Waals surface area (Å²) >= 11 is 0. The molecule has 0 radical (unpaired) electrons. The highest BCUT2D eigenvalue weighted by Crippen LogP contribution is 2.23. The van der Waals surface area contributed by atoms with Gasteiger partial charge in [0.1, 0.15) is 5.52 Å². The van der Waals surface area contributed by atoms with Crippen LogP contribution in [0.1, 0.15) is 36.5 Å². The smallest absolute Gasteiger partial charge is 0.449 e. The standard InChI is InChI=1S/C20H21N3O5/c1-11(2)13-7-4-6-12(3)15(13)10-21-19(25)23-18(24)14-8-5-9-16(17(14)22-23)28-20(26)27/h4-9,11,22H,10H2,1-3H3,(H,21,25)(H,26,27). The first-order valence-corrected chi connectivity index (χ1v) is 8.80. The molecule has 1 amide bonds. The average molecular weight is 383 g/mol. The van der Waals surface area contributed by atoms with Gasteiger partial charge < -0.3 is 15.2 Å². The number of para-hydroxylation sites is 1. The maximum atomic E-state index is 12.6. The summed E-state index contributed by atoms with van der Waals surface area (Å²) in [6.07, 6.45) is -1.51. The van der Waals surface area contributed by atoms with Crippen molar-refractivity contribution in [2.24, 2.45) is 0 Å². The Hall–Kier alpha value is -3.55. The summed E-state index contributed by atoms with van der Waals surface area (Å²) < 4.78 is 5.48. The highest BCUT2D eigenvalue weighted by atomic mass is 16.7. The molecule has 0 saturated carbocycles. The first-order valence-electron chi connectivity index (χ1n) is 8.80. The number of ether oxygens (including phenoxy) is 1. The summed E-state index contributed by atoms with van der Waals surface area (Å²) in [5, 5.41) is 14.4. The van der Waals surface area contributed by atoms with Crippen LogP contribution in [0.5, 0.6) is 5.75 Å². The number of fused-ring (bicyclic) bond motifs is 1. The first kappa shape index (κ1) is 19.2. The van der Waals surface area contributed by atoms with Crippen molar-refractivity contribution in [3.8, 4) is 5.75 Å². The molecule has 0 spiro atoms. The highest BCUT2D eigenvalue weighted by molar-refractivity contribution is 5.89. The van der Waals surface area contributed by atoms with Crippen molar-refractivity contribution in [2.75, 3.05) is 0 Å². The topological polar surface area (TPSA) is 113 Å². The lowest BCUT2D eigenvalue weighted by Crippen LogP contribution is -2.35. The van der Waals surface area contributed by atoms with E-state index < -0.39 is 17.7 Å². The van der Waals surface area contributed by atoms with Crippen molar-refractivity contribution in [3.63, 3.8) is 0 Å². The van der Waals surface area contributed by atoms with Crippen molar-refractivity contribution in [3.05, 3.63) is 63.4 Å². The number of aromatic nitrogens is 2. The number of carbonyl (C=O) groups excluding carboxylic acids is 1. The number of amides is 1. The number of hydrogen-bond acceptors (Lipinski definition) is 4. The third-order valence-electron chi connectivity index (χ3n) is 4.57. The van der Waals surface area contributed by atoms with Gasteiger partial charge in [-0.05, 0) is 41.7 Å². The number of carbonyl (C=O) groups is 2. The van der Waals surface area contributed by atoms with Crippen molar-refractivity contribution in [1.82, 2.24) is 15.1 Å². The molecule has 0 aliphatic carbocycles. The molecule has 1 aromatic heterocycles. The van der Waals surface area contributed by atoms with E-state index in [1.807, 2.05) is 25.1 Å². The lowest BCUT2D eigenvalue weighted by Gasteiger charge is -2.16. The van der Waals surface area contributed by atoms with Crippen LogP contribution in [0.15, 0.2) is 41.2 Å². The predicted molar refractivity (Wildman–Crippen MR) is 104 cm³/mol. The van der Waals surface area contributed by atoms with E-state index in [4.69, 9.17) is 5.11 Å². The molecule has 146 valence electrons. The first-order chi connectivity index (χ1) is 13.3. The van der Waals surface area contributed by atoms with Crippen molar-refractivity contribution < 1.29 is 19.4 Å². The van der Waals surface area contributed by atoms with E-state index in [2.05, 4.69) is 29.0 Å². The summed E-state index contributed by atoms with van der Waals surface area (Å²) in [4.78, 5) is 35.9. The Kier molecular flexibility index (Phi) is 5.21. The van der Waals surface area contributed by atoms with Crippen LogP contribution in [0.2, 0.25) is 0 Å². The second-order valence-electron chi connectivity index (χ2n) is 6.76. The van der Waals surface area contributed by atoms with Crippen LogP contribution in [0.4, 0.5) is 9.59 Å². The van der Waals surface area contributed by atoms with Gasteiger partial charge in [0, 0.05) is 6.54 Å². The molecule has 28 heavy (non-hydrogen) atoms. The summed E-state index contributed by atoms with van der Waals surface area (Å²) in [5.74, 6) is 0.243. The van der Waals surface area contributed by atoms with Gasteiger partial charge in [-0.3, -0.25) is 9.89 Å². The molecule has 0 aliphatic rings. The van der Waals surface area contributed by atoms with Crippen LogP contribution in [-0.4, -0.2) is 27.1 Å². The SMILES string of the molecule is Cc1cccc(C(C)C)c1CNC(=O)n1[nH]c2c(OC(=O)O)cccc2c1=O. The van der Waals surface area contributed by atoms with Gasteiger partial charge in [-0.2, -0.15) is 4.68 Å². The van der Waals surface area contributed by atoms with Gasteiger partial charge in [-0.25, -0.2) is 9.59 Å². The third kappa shape index (κ3) is 3.62. The second kappa shape index (κ2) is 7.59. The molecule has 0 saturated heterocycles. The van der Waals surface area contributed by atoms with Gasteiger partial charge in [0.05, 0.1) is 5.39 Å². The Morgan fingerprint density at radius 2 is 1.93 bits per heavy atom. The molecule has 0 atom stereocenters. The number of aromatic amines is 1. The molecule has 2 aromatic carbocycles. The average Bonchev–Trinajstić information content (AvgIpc) is 2.98. The minimum Gasteiger partial charge on any atom is -0.449 e. The van der Waals surface area contributed by atoms with Crippen molar-refractivity contribution >= 4 is 23.1 Å². The van der Waals surface area contributed by atoms with E-state index in [9.17, 15) is 14.4 Å². The summed E-state index contributed by atoms with van der Waals surface area (Å²) in [6.45, 7) is 6.38. The maximum Gasteiger partial charge on any atom is 0.511 e. The van der Waals surface area contributed by atoms with Gasteiger partial charge >= 0.3 is 12.2 Å². The molecule has 3 aromatic rings. The third-order valence-corrected chi connectivity index (χ3v) is 4.57. The van der Waals surface area contributed by atoms with Crippen molar-refractivity contribution in [2.45, 2.75) is 33.2 Å². The summed E-state index contributed by atoms with van der Waals surface area (Å²) in [5.41, 5.74) is 2.74. The highest BCUT2D eigenvalue weighted by Gasteiger charge is 2.18. The van der Waals surface area contributed by atoms with E-state index in [1.165, 1.54) is 18.2 Å². The molecular formula is C20H21N3O5. The molecule has 1 heterocycles. The van der Waals surface area contributed by atoms with Crippen LogP contribution in [-0.2, 0) is 6.54 Å². The minimum absolute atomic E-state index is 0.0466. The quantitative estimate of drug-likeness (QED) is 0.471. The van der Waals surface area contributed by atoms with Gasteiger partial charge in [-0.1, -0.05) is 38.1 Å². The van der Waals surface area contributed by atoms with Crippen LogP contribution in [0.3, 0.4) is 0 Å². The van der Waals surface area contributed by atoms with Gasteiger partial charge in [0.25, 0.3) is 5.56 Å². The van der Waals surface area contributed by atoms with E-state index in [0.29, 0.717) is 5.92 Å². The lowest BCUT2D eigenvalue weighted by atomic mass is 9.94. The normalized spacial score (nSPS) is 11.0. The Bertz CT molecular complexity index is 1110.